The number of ether oxygens (including phenoxy) is 1. The lowest BCUT2D eigenvalue weighted by atomic mass is 9.89. The number of benzene rings is 1. The number of halogens is 1. The van der Waals surface area contributed by atoms with E-state index in [1.54, 1.807) is 12.1 Å². The highest BCUT2D eigenvalue weighted by molar-refractivity contribution is 5.89. The van der Waals surface area contributed by atoms with Crippen molar-refractivity contribution in [2.75, 3.05) is 11.4 Å². The van der Waals surface area contributed by atoms with Gasteiger partial charge in [-0.25, -0.2) is 9.18 Å². The van der Waals surface area contributed by atoms with E-state index in [0.717, 1.165) is 6.42 Å². The molecule has 0 N–H and O–H groups in total. The fraction of sp³-hybridized carbons (Fsp3) is 0.500. The van der Waals surface area contributed by atoms with Crippen LogP contribution >= 0.6 is 0 Å². The minimum atomic E-state index is -0.394. The molecule has 1 aromatic rings. The highest BCUT2D eigenvalue weighted by atomic mass is 19.1. The molecule has 0 bridgehead atoms. The molecule has 1 heterocycles. The smallest absolute Gasteiger partial charge is 0.414 e. The highest BCUT2D eigenvalue weighted by Crippen LogP contribution is 2.29. The number of carbonyl (C=O) groups is 1. The quantitative estimate of drug-likeness (QED) is 0.804. The first-order valence-electron chi connectivity index (χ1n) is 6.09. The van der Waals surface area contributed by atoms with Crippen LogP contribution in [0.15, 0.2) is 24.3 Å². The highest BCUT2D eigenvalue weighted by Gasteiger charge is 2.34. The van der Waals surface area contributed by atoms with Crippen molar-refractivity contribution in [2.24, 2.45) is 5.41 Å². The maximum atomic E-state index is 13.1. The van der Waals surface area contributed by atoms with Crippen LogP contribution in [0.1, 0.15) is 27.2 Å². The Balaban J connectivity index is 2.10. The SMILES string of the molecule is CC(C)(C)C[C@@H]1CN(c2cccc(F)c2)C(=O)O1. The summed E-state index contributed by atoms with van der Waals surface area (Å²) in [6.45, 7) is 6.79. The summed E-state index contributed by atoms with van der Waals surface area (Å²) >= 11 is 0. The predicted octanol–water partition coefficient (Wildman–Crippen LogP) is 3.59. The second-order valence-electron chi connectivity index (χ2n) is 5.86. The van der Waals surface area contributed by atoms with E-state index in [-0.39, 0.29) is 17.3 Å². The normalized spacial score (nSPS) is 20.1. The lowest BCUT2D eigenvalue weighted by Gasteiger charge is -2.21. The molecule has 1 fully saturated rings. The van der Waals surface area contributed by atoms with Crippen LogP contribution in [0.5, 0.6) is 0 Å². The minimum absolute atomic E-state index is 0.100. The Bertz CT molecular complexity index is 453. The molecule has 1 aliphatic rings. The van der Waals surface area contributed by atoms with Gasteiger partial charge >= 0.3 is 6.09 Å². The van der Waals surface area contributed by atoms with Gasteiger partial charge in [0.25, 0.3) is 0 Å². The lowest BCUT2D eigenvalue weighted by Crippen LogP contribution is -2.26. The van der Waals surface area contributed by atoms with E-state index in [0.29, 0.717) is 12.2 Å². The molecule has 0 radical (unpaired) electrons. The third-order valence-electron chi connectivity index (χ3n) is 2.83. The van der Waals surface area contributed by atoms with Crippen LogP contribution in [0.4, 0.5) is 14.9 Å². The van der Waals surface area contributed by atoms with E-state index in [9.17, 15) is 9.18 Å². The van der Waals surface area contributed by atoms with Gasteiger partial charge in [0.05, 0.1) is 12.2 Å². The molecule has 0 aromatic heterocycles. The van der Waals surface area contributed by atoms with Gasteiger partial charge in [0, 0.05) is 0 Å². The van der Waals surface area contributed by atoms with E-state index >= 15 is 0 Å². The summed E-state index contributed by atoms with van der Waals surface area (Å²) in [6.07, 6.45) is 0.278. The van der Waals surface area contributed by atoms with Crippen molar-refractivity contribution in [1.82, 2.24) is 0 Å². The summed E-state index contributed by atoms with van der Waals surface area (Å²) in [6, 6.07) is 6.01. The molecule has 2 rings (SSSR count). The first-order chi connectivity index (χ1) is 8.35. The van der Waals surface area contributed by atoms with Crippen molar-refractivity contribution in [3.05, 3.63) is 30.1 Å². The molecule has 18 heavy (non-hydrogen) atoms. The Kier molecular flexibility index (Phi) is 3.28. The number of hydrogen-bond acceptors (Lipinski definition) is 2. The largest absolute Gasteiger partial charge is 0.444 e. The van der Waals surface area contributed by atoms with Gasteiger partial charge in [-0.2, -0.15) is 0 Å². The number of nitrogens with zero attached hydrogens (tertiary/aromatic N) is 1. The van der Waals surface area contributed by atoms with Crippen LogP contribution in [0.25, 0.3) is 0 Å². The first kappa shape index (κ1) is 12.9. The predicted molar refractivity (Wildman–Crippen MR) is 68.1 cm³/mol. The summed E-state index contributed by atoms with van der Waals surface area (Å²) in [7, 11) is 0. The Morgan fingerprint density at radius 1 is 1.44 bits per heavy atom. The van der Waals surface area contributed by atoms with Gasteiger partial charge in [-0.1, -0.05) is 26.8 Å². The van der Waals surface area contributed by atoms with E-state index < -0.39 is 6.09 Å². The fourth-order valence-corrected chi connectivity index (χ4v) is 2.17. The van der Waals surface area contributed by atoms with Crippen LogP contribution in [0.2, 0.25) is 0 Å². The zero-order valence-corrected chi connectivity index (χ0v) is 10.9. The van der Waals surface area contributed by atoms with Crippen LogP contribution < -0.4 is 4.90 Å². The summed E-state index contributed by atoms with van der Waals surface area (Å²) in [5.74, 6) is -0.348. The van der Waals surface area contributed by atoms with Crippen molar-refractivity contribution in [2.45, 2.75) is 33.3 Å². The van der Waals surface area contributed by atoms with Gasteiger partial charge in [0.1, 0.15) is 11.9 Å². The molecule has 1 aliphatic heterocycles. The number of rotatable bonds is 2. The second-order valence-corrected chi connectivity index (χ2v) is 5.86. The molecule has 98 valence electrons. The molecule has 4 heteroatoms. The van der Waals surface area contributed by atoms with Gasteiger partial charge < -0.3 is 4.74 Å². The topological polar surface area (TPSA) is 29.5 Å². The van der Waals surface area contributed by atoms with Crippen molar-refractivity contribution >= 4 is 11.8 Å². The van der Waals surface area contributed by atoms with Gasteiger partial charge in [-0.15, -0.1) is 0 Å². The standard InChI is InChI=1S/C14H18FNO2/c1-14(2,3)8-12-9-16(13(17)18-12)11-6-4-5-10(15)7-11/h4-7,12H,8-9H2,1-3H3/t12-/m1/s1. The van der Waals surface area contributed by atoms with Crippen molar-refractivity contribution < 1.29 is 13.9 Å². The van der Waals surface area contributed by atoms with Gasteiger partial charge in [-0.05, 0) is 30.0 Å². The van der Waals surface area contributed by atoms with E-state index in [1.165, 1.54) is 17.0 Å². The zero-order chi connectivity index (χ0) is 13.3. The number of amides is 1. The van der Waals surface area contributed by atoms with Gasteiger partial charge in [-0.3, -0.25) is 4.90 Å². The average Bonchev–Trinajstić information content (AvgIpc) is 2.56. The van der Waals surface area contributed by atoms with E-state index in [1.807, 2.05) is 0 Å². The first-order valence-corrected chi connectivity index (χ1v) is 6.09. The van der Waals surface area contributed by atoms with Crippen LogP contribution in [0, 0.1) is 11.2 Å². The molecule has 0 saturated carbocycles. The van der Waals surface area contributed by atoms with Gasteiger partial charge in [0.15, 0.2) is 0 Å². The summed E-state index contributed by atoms with van der Waals surface area (Å²) in [5, 5.41) is 0. The van der Waals surface area contributed by atoms with Gasteiger partial charge in [0.2, 0.25) is 0 Å². The van der Waals surface area contributed by atoms with Crippen molar-refractivity contribution in [1.29, 1.82) is 0 Å². The maximum Gasteiger partial charge on any atom is 0.414 e. The number of carbonyl (C=O) groups excluding carboxylic acids is 1. The summed E-state index contributed by atoms with van der Waals surface area (Å²) in [4.78, 5) is 13.2. The molecule has 1 atom stereocenters. The Morgan fingerprint density at radius 3 is 2.78 bits per heavy atom. The number of hydrogen-bond donors (Lipinski definition) is 0. The molecular weight excluding hydrogens is 233 g/mol. The maximum absolute atomic E-state index is 13.1. The third kappa shape index (κ3) is 3.00. The third-order valence-corrected chi connectivity index (χ3v) is 2.83. The monoisotopic (exact) mass is 251 g/mol. The lowest BCUT2D eigenvalue weighted by molar-refractivity contribution is 0.114. The Hall–Kier alpha value is -1.58. The Morgan fingerprint density at radius 2 is 2.17 bits per heavy atom. The zero-order valence-electron chi connectivity index (χ0n) is 10.9. The van der Waals surface area contributed by atoms with Crippen molar-refractivity contribution in [3.63, 3.8) is 0 Å². The number of cyclic esters (lactones) is 1. The fourth-order valence-electron chi connectivity index (χ4n) is 2.17. The van der Waals surface area contributed by atoms with E-state index in [4.69, 9.17) is 4.74 Å². The minimum Gasteiger partial charge on any atom is -0.444 e. The molecular formula is C14H18FNO2. The molecule has 0 spiro atoms. The number of anilines is 1. The molecule has 1 amide bonds. The molecule has 0 unspecified atom stereocenters. The molecule has 1 aromatic carbocycles. The van der Waals surface area contributed by atoms with Crippen LogP contribution in [-0.4, -0.2) is 18.7 Å². The molecule has 0 aliphatic carbocycles. The molecule has 3 nitrogen and oxygen atoms in total. The van der Waals surface area contributed by atoms with E-state index in [2.05, 4.69) is 20.8 Å². The van der Waals surface area contributed by atoms with Crippen molar-refractivity contribution in [3.8, 4) is 0 Å². The average molecular weight is 251 g/mol. The Labute approximate surface area is 107 Å². The van der Waals surface area contributed by atoms with Crippen LogP contribution in [0.3, 0.4) is 0 Å². The second kappa shape index (κ2) is 4.59. The molecule has 1 saturated heterocycles. The summed E-state index contributed by atoms with van der Waals surface area (Å²) in [5.41, 5.74) is 0.652. The summed E-state index contributed by atoms with van der Waals surface area (Å²) < 4.78 is 18.4. The van der Waals surface area contributed by atoms with Crippen LogP contribution in [-0.2, 0) is 4.74 Å².